The predicted molar refractivity (Wildman–Crippen MR) is 265 cm³/mol. The molecule has 0 fully saturated rings. The van der Waals surface area contributed by atoms with Crippen LogP contribution < -0.4 is 0 Å². The SMILES string of the molecule is CC1(C)c2ccccc2-c2ccc(-c3ccccc3-c3cc(-c4cc(-c5cccc(-c6ccccc6)c5)cc(-c5cccc6c5oc5ccccc56)c4)nc(-c4ccccc4)n3)cc21. The summed E-state index contributed by atoms with van der Waals surface area (Å²) in [5.74, 6) is 0.672. The monoisotopic (exact) mass is 818 g/mol. The molecular weight excluding hydrogens is 777 g/mol. The van der Waals surface area contributed by atoms with Gasteiger partial charge in [-0.1, -0.05) is 190 Å². The first-order valence-electron chi connectivity index (χ1n) is 22.0. The largest absolute Gasteiger partial charge is 0.455 e. The lowest BCUT2D eigenvalue weighted by Gasteiger charge is -2.22. The van der Waals surface area contributed by atoms with Crippen LogP contribution in [0.2, 0.25) is 0 Å². The van der Waals surface area contributed by atoms with Gasteiger partial charge in [-0.05, 0) is 104 Å². The molecule has 0 saturated carbocycles. The second kappa shape index (κ2) is 15.0. The molecule has 2 heterocycles. The number of hydrogen-bond acceptors (Lipinski definition) is 3. The maximum atomic E-state index is 6.65. The van der Waals surface area contributed by atoms with Gasteiger partial charge in [0.1, 0.15) is 11.2 Å². The third-order valence-electron chi connectivity index (χ3n) is 13.1. The maximum Gasteiger partial charge on any atom is 0.160 e. The van der Waals surface area contributed by atoms with E-state index in [0.29, 0.717) is 5.82 Å². The molecule has 0 N–H and O–H groups in total. The van der Waals surface area contributed by atoms with Gasteiger partial charge in [0.15, 0.2) is 5.82 Å². The van der Waals surface area contributed by atoms with Crippen molar-refractivity contribution in [1.29, 1.82) is 0 Å². The molecule has 0 atom stereocenters. The standard InChI is InChI=1S/C61H42N2O/c1-61(2)54-29-13-11-24-49(54)50-32-31-43(37-55(50)61)47-23-9-10-25-51(47)57-38-56(62-60(63-57)40-19-7-4-8-20-40)46-35-44(42-22-15-21-41(33-42)39-17-5-3-6-18-39)34-45(36-46)48-27-16-28-53-52-26-12-14-30-58(52)64-59(48)53/h3-38H,1-2H3. The third-order valence-corrected chi connectivity index (χ3v) is 13.1. The number of benzene rings is 9. The second-order valence-corrected chi connectivity index (χ2v) is 17.3. The van der Waals surface area contributed by atoms with Gasteiger partial charge >= 0.3 is 0 Å². The van der Waals surface area contributed by atoms with Crippen molar-refractivity contribution in [3.05, 3.63) is 230 Å². The van der Waals surface area contributed by atoms with E-state index in [1.807, 2.05) is 18.2 Å². The summed E-state index contributed by atoms with van der Waals surface area (Å²) in [6.45, 7) is 4.68. The Hall–Kier alpha value is -8.14. The van der Waals surface area contributed by atoms with Crippen LogP contribution in [-0.4, -0.2) is 9.97 Å². The van der Waals surface area contributed by atoms with Crippen molar-refractivity contribution < 1.29 is 4.42 Å². The molecule has 0 radical (unpaired) electrons. The van der Waals surface area contributed by atoms with Gasteiger partial charge in [0, 0.05) is 38.4 Å². The molecule has 3 heteroatoms. The van der Waals surface area contributed by atoms with E-state index in [4.69, 9.17) is 14.4 Å². The first-order valence-corrected chi connectivity index (χ1v) is 22.0. The van der Waals surface area contributed by atoms with Crippen molar-refractivity contribution in [1.82, 2.24) is 9.97 Å². The zero-order valence-electron chi connectivity index (χ0n) is 35.6. The number of hydrogen-bond donors (Lipinski definition) is 0. The minimum atomic E-state index is -0.116. The molecule has 3 nitrogen and oxygen atoms in total. The quantitative estimate of drug-likeness (QED) is 0.161. The van der Waals surface area contributed by atoms with Crippen molar-refractivity contribution in [3.8, 4) is 89.5 Å². The molecule has 0 saturated heterocycles. The van der Waals surface area contributed by atoms with Crippen LogP contribution in [0.25, 0.3) is 111 Å². The molecule has 0 bridgehead atoms. The number of nitrogens with zero attached hydrogens (tertiary/aromatic N) is 2. The smallest absolute Gasteiger partial charge is 0.160 e. The molecule has 0 spiro atoms. The normalized spacial score (nSPS) is 12.7. The topological polar surface area (TPSA) is 38.9 Å². The lowest BCUT2D eigenvalue weighted by molar-refractivity contribution is 0.660. The molecule has 1 aliphatic rings. The van der Waals surface area contributed by atoms with E-state index in [9.17, 15) is 0 Å². The van der Waals surface area contributed by atoms with Crippen LogP contribution in [0.4, 0.5) is 0 Å². The van der Waals surface area contributed by atoms with Crippen molar-refractivity contribution in [2.45, 2.75) is 19.3 Å². The number of aromatic nitrogens is 2. The summed E-state index contributed by atoms with van der Waals surface area (Å²) in [6.07, 6.45) is 0. The molecule has 0 unspecified atom stereocenters. The molecule has 9 aromatic carbocycles. The first-order chi connectivity index (χ1) is 31.5. The molecule has 1 aliphatic carbocycles. The van der Waals surface area contributed by atoms with E-state index in [1.165, 1.54) is 27.8 Å². The highest BCUT2D eigenvalue weighted by molar-refractivity contribution is 6.10. The van der Waals surface area contributed by atoms with Gasteiger partial charge in [-0.25, -0.2) is 9.97 Å². The fourth-order valence-corrected chi connectivity index (χ4v) is 9.86. The average Bonchev–Trinajstić information content (AvgIpc) is 3.86. The summed E-state index contributed by atoms with van der Waals surface area (Å²) in [6, 6.07) is 77.9. The van der Waals surface area contributed by atoms with Gasteiger partial charge in [-0.3, -0.25) is 0 Å². The van der Waals surface area contributed by atoms with E-state index in [-0.39, 0.29) is 5.41 Å². The van der Waals surface area contributed by atoms with Crippen molar-refractivity contribution in [2.75, 3.05) is 0 Å². The van der Waals surface area contributed by atoms with Crippen LogP contribution in [0.5, 0.6) is 0 Å². The van der Waals surface area contributed by atoms with Crippen LogP contribution in [0.3, 0.4) is 0 Å². The molecule has 12 rings (SSSR count). The number of rotatable bonds is 7. The predicted octanol–water partition coefficient (Wildman–Crippen LogP) is 16.4. The van der Waals surface area contributed by atoms with Gasteiger partial charge in [0.25, 0.3) is 0 Å². The van der Waals surface area contributed by atoms with Crippen LogP contribution in [0.15, 0.2) is 223 Å². The van der Waals surface area contributed by atoms with Gasteiger partial charge in [-0.15, -0.1) is 0 Å². The van der Waals surface area contributed by atoms with Crippen molar-refractivity contribution in [3.63, 3.8) is 0 Å². The molecule has 302 valence electrons. The highest BCUT2D eigenvalue weighted by Gasteiger charge is 2.35. The Labute approximate surface area is 373 Å². The van der Waals surface area contributed by atoms with E-state index in [1.54, 1.807) is 0 Å². The summed E-state index contributed by atoms with van der Waals surface area (Å²) in [5.41, 5.74) is 20.6. The maximum absolute atomic E-state index is 6.65. The van der Waals surface area contributed by atoms with Crippen molar-refractivity contribution >= 4 is 21.9 Å². The number of para-hydroxylation sites is 2. The lowest BCUT2D eigenvalue weighted by Crippen LogP contribution is -2.14. The van der Waals surface area contributed by atoms with E-state index in [0.717, 1.165) is 89.0 Å². The fourth-order valence-electron chi connectivity index (χ4n) is 9.86. The lowest BCUT2D eigenvalue weighted by atomic mass is 9.81. The number of furan rings is 1. The van der Waals surface area contributed by atoms with Crippen LogP contribution >= 0.6 is 0 Å². The Balaban J connectivity index is 1.07. The zero-order valence-corrected chi connectivity index (χ0v) is 35.6. The van der Waals surface area contributed by atoms with Gasteiger partial charge < -0.3 is 4.42 Å². The summed E-state index contributed by atoms with van der Waals surface area (Å²) < 4.78 is 6.65. The molecule has 11 aromatic rings. The number of fused-ring (bicyclic) bond motifs is 6. The Morgan fingerprint density at radius 3 is 1.72 bits per heavy atom. The third kappa shape index (κ3) is 6.36. The van der Waals surface area contributed by atoms with E-state index < -0.39 is 0 Å². The Bertz CT molecular complexity index is 3580. The van der Waals surface area contributed by atoms with Crippen molar-refractivity contribution in [2.24, 2.45) is 0 Å². The zero-order chi connectivity index (χ0) is 42.8. The van der Waals surface area contributed by atoms with Gasteiger partial charge in [-0.2, -0.15) is 0 Å². The molecule has 0 aliphatic heterocycles. The highest BCUT2D eigenvalue weighted by Crippen LogP contribution is 2.50. The minimum absolute atomic E-state index is 0.116. The molecule has 2 aromatic heterocycles. The Kier molecular flexibility index (Phi) is 8.84. The second-order valence-electron chi connectivity index (χ2n) is 17.3. The molecule has 0 amide bonds. The average molecular weight is 819 g/mol. The van der Waals surface area contributed by atoms with Crippen LogP contribution in [0, 0.1) is 0 Å². The van der Waals surface area contributed by atoms with Crippen LogP contribution in [0.1, 0.15) is 25.0 Å². The van der Waals surface area contributed by atoms with E-state index in [2.05, 4.69) is 214 Å². The summed E-state index contributed by atoms with van der Waals surface area (Å²) in [4.78, 5) is 10.8. The Morgan fingerprint density at radius 1 is 0.328 bits per heavy atom. The minimum Gasteiger partial charge on any atom is -0.455 e. The summed E-state index contributed by atoms with van der Waals surface area (Å²) >= 11 is 0. The first kappa shape index (κ1) is 37.6. The highest BCUT2D eigenvalue weighted by atomic mass is 16.3. The van der Waals surface area contributed by atoms with E-state index >= 15 is 0 Å². The summed E-state index contributed by atoms with van der Waals surface area (Å²) in [5, 5.41) is 2.20. The van der Waals surface area contributed by atoms with Crippen LogP contribution in [-0.2, 0) is 5.41 Å². The fraction of sp³-hybridized carbons (Fsp3) is 0.0492. The summed E-state index contributed by atoms with van der Waals surface area (Å²) in [7, 11) is 0. The molecule has 64 heavy (non-hydrogen) atoms. The molecular formula is C61H42N2O. The van der Waals surface area contributed by atoms with Gasteiger partial charge in [0.05, 0.1) is 11.4 Å². The van der Waals surface area contributed by atoms with Gasteiger partial charge in [0.2, 0.25) is 0 Å². The Morgan fingerprint density at radius 2 is 0.891 bits per heavy atom.